The minimum absolute atomic E-state index is 0.0267. The zero-order valence-corrected chi connectivity index (χ0v) is 29.5. The van der Waals surface area contributed by atoms with Crippen LogP contribution in [0.1, 0.15) is 27.9 Å². The smallest absolute Gasteiger partial charge is 0.299 e. The van der Waals surface area contributed by atoms with Crippen LogP contribution in [0.25, 0.3) is 11.3 Å². The first-order chi connectivity index (χ1) is 24.2. The van der Waals surface area contributed by atoms with E-state index in [9.17, 15) is 31.9 Å². The second kappa shape index (κ2) is 18.2. The van der Waals surface area contributed by atoms with E-state index in [2.05, 4.69) is 32.5 Å². The van der Waals surface area contributed by atoms with Crippen molar-refractivity contribution in [1.29, 1.82) is 0 Å². The number of alkyl halides is 2. The summed E-state index contributed by atoms with van der Waals surface area (Å²) >= 11 is 5.94. The first kappa shape index (κ1) is 41.0. The molecule has 3 aliphatic rings. The molecule has 278 valence electrons. The molecule has 3 atom stereocenters. The zero-order valence-electron chi connectivity index (χ0n) is 28.8. The lowest BCUT2D eigenvalue weighted by atomic mass is 10.1. The van der Waals surface area contributed by atoms with Crippen molar-refractivity contribution in [2.45, 2.75) is 12.8 Å². The predicted octanol–water partition coefficient (Wildman–Crippen LogP) is 3.77. The van der Waals surface area contributed by atoms with Crippen LogP contribution in [0.4, 0.5) is 23.2 Å². The fourth-order valence-electron chi connectivity index (χ4n) is 5.67. The lowest BCUT2D eigenvalue weighted by Gasteiger charge is -2.32. The summed E-state index contributed by atoms with van der Waals surface area (Å²) in [5, 5.41) is 13.1. The van der Waals surface area contributed by atoms with Gasteiger partial charge in [-0.05, 0) is 62.3 Å². The molecule has 3 aromatic rings. The number of hydrogen-bond acceptors (Lipinski definition) is 9. The molecule has 0 spiro atoms. The van der Waals surface area contributed by atoms with Crippen LogP contribution in [0, 0.1) is 29.4 Å². The van der Waals surface area contributed by atoms with Gasteiger partial charge in [0.05, 0.1) is 24.0 Å². The number of rotatable bonds is 7. The Morgan fingerprint density at radius 2 is 1.65 bits per heavy atom. The second-order valence-electron chi connectivity index (χ2n) is 12.0. The fourth-order valence-corrected chi connectivity index (χ4v) is 5.89. The van der Waals surface area contributed by atoms with Crippen LogP contribution >= 0.6 is 11.6 Å². The molecule has 12 nitrogen and oxygen atoms in total. The van der Waals surface area contributed by atoms with Crippen LogP contribution in [0.5, 0.6) is 5.75 Å². The number of aromatic nitrogens is 2. The first-order valence-corrected chi connectivity index (χ1v) is 16.2. The number of ether oxygens (including phenoxy) is 1. The van der Waals surface area contributed by atoms with Gasteiger partial charge in [0.1, 0.15) is 0 Å². The maximum atomic E-state index is 14.3. The lowest BCUT2D eigenvalue weighted by molar-refractivity contribution is -0.134. The molecule has 3 N–H and O–H groups in total. The van der Waals surface area contributed by atoms with Crippen molar-refractivity contribution in [3.8, 4) is 17.0 Å². The van der Waals surface area contributed by atoms with E-state index in [1.54, 1.807) is 0 Å². The number of benzene rings is 2. The Morgan fingerprint density at radius 3 is 2.18 bits per heavy atom. The largest absolute Gasteiger partial charge is 0.494 e. The highest BCUT2D eigenvalue weighted by Crippen LogP contribution is 2.49. The fraction of sp³-hybridized carbons (Fsp3) is 0.441. The van der Waals surface area contributed by atoms with Gasteiger partial charge in [0.2, 0.25) is 11.7 Å². The molecule has 0 radical (unpaired) electrons. The Kier molecular flexibility index (Phi) is 14.7. The number of fused-ring (bicyclic) bond motifs is 1. The van der Waals surface area contributed by atoms with E-state index in [4.69, 9.17) is 26.2 Å². The molecule has 1 aliphatic carbocycles. The number of imidazole rings is 1. The van der Waals surface area contributed by atoms with E-state index in [-0.39, 0.29) is 33.4 Å². The van der Waals surface area contributed by atoms with Gasteiger partial charge in [0.15, 0.2) is 30.0 Å². The van der Waals surface area contributed by atoms with Crippen LogP contribution in [0.2, 0.25) is 5.02 Å². The number of likely N-dealkylation sites (N-methyl/N-ethyl adjacent to an activating group) is 1. The number of piperazine rings is 1. The molecule has 17 heteroatoms. The monoisotopic (exact) mass is 740 g/mol. The topological polar surface area (TPSA) is 146 Å². The highest BCUT2D eigenvalue weighted by Gasteiger charge is 2.57. The number of carbonyl (C=O) groups is 4. The molecule has 3 heterocycles. The summed E-state index contributed by atoms with van der Waals surface area (Å²) in [4.78, 5) is 52.9. The summed E-state index contributed by atoms with van der Waals surface area (Å²) < 4.78 is 56.6. The summed E-state index contributed by atoms with van der Waals surface area (Å²) in [6.07, 6.45) is 1.47. The van der Waals surface area contributed by atoms with Gasteiger partial charge in [-0.25, -0.2) is 9.37 Å². The molecular weight excluding hydrogens is 700 g/mol. The first-order valence-electron chi connectivity index (χ1n) is 15.8. The number of aldehydes is 2. The van der Waals surface area contributed by atoms with Crippen molar-refractivity contribution in [2.75, 3.05) is 65.9 Å². The van der Waals surface area contributed by atoms with Crippen LogP contribution in [0.15, 0.2) is 36.5 Å². The van der Waals surface area contributed by atoms with Crippen LogP contribution < -0.4 is 15.4 Å². The standard InChI is InChI=1S/C19H14ClF2N3O3.C11H19N3O.C3H4F2O.CH4O/c1-25-14(12-5-6-15(28-2)17(22)16(12)21)8-23-18(25)19(27)24-11-4-3-10(9-26)13(20)7-11;1-13-2-4-14(5-3-13)11(15)10-8-6-12-7-9(8)10;1-3(4,5)2-6;1-2/h3-9H,1-2H3,(H,24,27);8-10,12H,2-7H2,1H3;2H,1H3;2H,1H3/t;8-,9+,10?;;. The lowest BCUT2D eigenvalue weighted by Crippen LogP contribution is -2.48. The van der Waals surface area contributed by atoms with E-state index < -0.39 is 29.8 Å². The van der Waals surface area contributed by atoms with Crippen molar-refractivity contribution in [3.05, 3.63) is 64.6 Å². The maximum Gasteiger partial charge on any atom is 0.299 e. The van der Waals surface area contributed by atoms with Gasteiger partial charge in [0, 0.05) is 70.0 Å². The summed E-state index contributed by atoms with van der Waals surface area (Å²) in [7, 11) is 5.86. The zero-order chi connectivity index (χ0) is 38.0. The number of halogens is 5. The van der Waals surface area contributed by atoms with E-state index in [1.165, 1.54) is 55.3 Å². The Morgan fingerprint density at radius 1 is 1.04 bits per heavy atom. The van der Waals surface area contributed by atoms with Crippen LogP contribution in [-0.4, -0.2) is 115 Å². The third kappa shape index (κ3) is 10.3. The summed E-state index contributed by atoms with van der Waals surface area (Å²) in [5.74, 6) is -4.08. The van der Waals surface area contributed by atoms with E-state index in [0.717, 1.165) is 46.4 Å². The Labute approximate surface area is 297 Å². The molecule has 2 aliphatic heterocycles. The molecular formula is C34H41ClF4N6O6. The quantitative estimate of drug-likeness (QED) is 0.244. The van der Waals surface area contributed by atoms with Gasteiger partial charge >= 0.3 is 0 Å². The second-order valence-corrected chi connectivity index (χ2v) is 12.4. The van der Waals surface area contributed by atoms with E-state index in [1.807, 2.05) is 0 Å². The molecule has 1 aromatic heterocycles. The Bertz CT molecular complexity index is 1690. The number of anilines is 1. The number of methoxy groups -OCH3 is 1. The molecule has 2 amide bonds. The van der Waals surface area contributed by atoms with Gasteiger partial charge in [-0.1, -0.05) is 11.6 Å². The van der Waals surface area contributed by atoms with Crippen LogP contribution in [-0.2, 0) is 16.6 Å². The SMILES string of the molecule is CC(F)(F)C=O.CN1CCN(C(=O)C2[C@H]3CNC[C@@H]23)CC1.CO.COc1ccc(-c2cnc(C(=O)Nc3ccc(C=O)c(Cl)c3)n2C)c(F)c1F. The minimum Gasteiger partial charge on any atom is -0.494 e. The number of aliphatic hydroxyl groups is 1. The highest BCUT2D eigenvalue weighted by atomic mass is 35.5. The minimum atomic E-state index is -3.14. The normalized spacial score (nSPS) is 19.1. The molecule has 1 unspecified atom stereocenters. The van der Waals surface area contributed by atoms with E-state index >= 15 is 0 Å². The molecule has 2 saturated heterocycles. The Hall–Kier alpha value is -4.38. The highest BCUT2D eigenvalue weighted by molar-refractivity contribution is 6.33. The van der Waals surface area contributed by atoms with Crippen molar-refractivity contribution >= 4 is 41.7 Å². The number of carbonyl (C=O) groups excluding carboxylic acids is 4. The van der Waals surface area contributed by atoms with E-state index in [0.29, 0.717) is 42.6 Å². The van der Waals surface area contributed by atoms with Gasteiger partial charge in [-0.3, -0.25) is 19.2 Å². The van der Waals surface area contributed by atoms with Crippen molar-refractivity contribution in [3.63, 3.8) is 0 Å². The number of amides is 2. The van der Waals surface area contributed by atoms with Gasteiger partial charge < -0.3 is 34.8 Å². The van der Waals surface area contributed by atoms with Gasteiger partial charge in [-0.2, -0.15) is 13.2 Å². The summed E-state index contributed by atoms with van der Waals surface area (Å²) in [6, 6.07) is 7.02. The summed E-state index contributed by atoms with van der Waals surface area (Å²) in [5.41, 5.74) is 0.784. The van der Waals surface area contributed by atoms with Crippen molar-refractivity contribution in [1.82, 2.24) is 24.7 Å². The average molecular weight is 741 g/mol. The van der Waals surface area contributed by atoms with Crippen molar-refractivity contribution in [2.24, 2.45) is 24.8 Å². The molecule has 6 rings (SSSR count). The number of aliphatic hydroxyl groups excluding tert-OH is 1. The number of piperidine rings is 1. The van der Waals surface area contributed by atoms with Gasteiger partial charge in [-0.15, -0.1) is 0 Å². The number of nitrogens with one attached hydrogen (secondary N) is 2. The van der Waals surface area contributed by atoms with Crippen LogP contribution in [0.3, 0.4) is 0 Å². The maximum absolute atomic E-state index is 14.3. The molecule has 51 heavy (non-hydrogen) atoms. The number of nitrogens with zero attached hydrogens (tertiary/aromatic N) is 4. The Balaban J connectivity index is 0.000000253. The molecule has 1 saturated carbocycles. The molecule has 0 bridgehead atoms. The van der Waals surface area contributed by atoms with Crippen molar-refractivity contribution < 1.29 is 46.6 Å². The molecule has 2 aromatic carbocycles. The third-order valence-corrected chi connectivity index (χ3v) is 8.85. The predicted molar refractivity (Wildman–Crippen MR) is 182 cm³/mol. The average Bonchev–Trinajstić information content (AvgIpc) is 3.37. The van der Waals surface area contributed by atoms with Gasteiger partial charge in [0.25, 0.3) is 11.8 Å². The number of hydrogen-bond donors (Lipinski definition) is 3. The summed E-state index contributed by atoms with van der Waals surface area (Å²) in [6.45, 7) is 6.60. The molecule has 3 fully saturated rings. The third-order valence-electron chi connectivity index (χ3n) is 8.52.